The van der Waals surface area contributed by atoms with Gasteiger partial charge < -0.3 is 15.6 Å². The Morgan fingerprint density at radius 1 is 1.09 bits per heavy atom. The van der Waals surface area contributed by atoms with Gasteiger partial charge in [-0.2, -0.15) is 13.2 Å². The number of rotatable bonds is 4. The molecule has 0 radical (unpaired) electrons. The van der Waals surface area contributed by atoms with Gasteiger partial charge in [0.1, 0.15) is 10.6 Å². The molecule has 0 aromatic heterocycles. The lowest BCUT2D eigenvalue weighted by atomic mass is 10.1. The number of anilines is 2. The molecule has 1 unspecified atom stereocenters. The van der Waals surface area contributed by atoms with E-state index in [9.17, 15) is 21.6 Å². The van der Waals surface area contributed by atoms with E-state index < -0.39 is 22.3 Å². The van der Waals surface area contributed by atoms with Gasteiger partial charge in [0.2, 0.25) is 0 Å². The third-order valence-corrected chi connectivity index (χ3v) is 7.17. The lowest BCUT2D eigenvalue weighted by Gasteiger charge is -2.21. The number of methoxy groups -OCH3 is 1. The highest BCUT2D eigenvalue weighted by Gasteiger charge is 2.39. The first-order valence-corrected chi connectivity index (χ1v) is 11.8. The molecule has 6 nitrogen and oxygen atoms in total. The smallest absolute Gasteiger partial charge is 0.418 e. The maximum Gasteiger partial charge on any atom is 0.418 e. The number of halogens is 4. The fourth-order valence-electron chi connectivity index (χ4n) is 3.40. The van der Waals surface area contributed by atoms with Gasteiger partial charge >= 0.3 is 6.18 Å². The first kappa shape index (κ1) is 25.7. The first-order valence-electron chi connectivity index (χ1n) is 9.99. The summed E-state index contributed by atoms with van der Waals surface area (Å²) < 4.78 is 68.3. The number of hydrogen-bond acceptors (Lipinski definition) is 5. The minimum atomic E-state index is -4.63. The van der Waals surface area contributed by atoms with Crippen LogP contribution in [0.3, 0.4) is 0 Å². The predicted molar refractivity (Wildman–Crippen MR) is 125 cm³/mol. The lowest BCUT2D eigenvalue weighted by Crippen LogP contribution is -2.29. The summed E-state index contributed by atoms with van der Waals surface area (Å²) in [7, 11) is -2.25. The number of sulfonamides is 1. The highest BCUT2D eigenvalue weighted by atomic mass is 35.5. The molecule has 0 bridgehead atoms. The van der Waals surface area contributed by atoms with E-state index in [1.54, 1.807) is 12.1 Å². The quantitative estimate of drug-likeness (QED) is 0.480. The molecule has 1 heterocycles. The Labute approximate surface area is 200 Å². The van der Waals surface area contributed by atoms with Gasteiger partial charge in [-0.1, -0.05) is 41.9 Å². The Hall–Kier alpha value is -2.95. The van der Waals surface area contributed by atoms with Crippen molar-refractivity contribution in [2.45, 2.75) is 23.6 Å². The van der Waals surface area contributed by atoms with Crippen LogP contribution in [0.15, 0.2) is 71.6 Å². The number of hydrogen-bond donors (Lipinski definition) is 2. The minimum Gasteiger partial charge on any atom is -0.495 e. The van der Waals surface area contributed by atoms with E-state index in [-0.39, 0.29) is 10.5 Å². The van der Waals surface area contributed by atoms with Crippen molar-refractivity contribution in [2.75, 3.05) is 23.7 Å². The Morgan fingerprint density at radius 3 is 2.35 bits per heavy atom. The number of alkyl halides is 3. The fourth-order valence-corrected chi connectivity index (χ4v) is 5.32. The molecule has 3 N–H and O–H groups in total. The lowest BCUT2D eigenvalue weighted by molar-refractivity contribution is -0.206. The Balaban J connectivity index is 0.000000215. The summed E-state index contributed by atoms with van der Waals surface area (Å²) in [6, 6.07) is 17.0. The van der Waals surface area contributed by atoms with E-state index in [1.807, 2.05) is 24.3 Å². The third-order valence-electron chi connectivity index (χ3n) is 5.10. The molecule has 1 aliphatic rings. The predicted octanol–water partition coefficient (Wildman–Crippen LogP) is 4.96. The summed E-state index contributed by atoms with van der Waals surface area (Å²) in [5.41, 5.74) is 7.18. The first-order chi connectivity index (χ1) is 15.9. The summed E-state index contributed by atoms with van der Waals surface area (Å²) in [5.74, 6) is 0.295. The Morgan fingerprint density at radius 2 is 1.74 bits per heavy atom. The number of aliphatic hydroxyl groups excluding tert-OH is 1. The Kier molecular flexibility index (Phi) is 7.64. The van der Waals surface area contributed by atoms with Crippen LogP contribution in [0, 0.1) is 0 Å². The number of para-hydroxylation sites is 1. The molecule has 0 saturated heterocycles. The van der Waals surface area contributed by atoms with Crippen LogP contribution in [-0.2, 0) is 16.4 Å². The van der Waals surface area contributed by atoms with Crippen molar-refractivity contribution < 1.29 is 31.4 Å². The molecular formula is C23H22ClF3N2O4S. The fraction of sp³-hybridized carbons (Fsp3) is 0.217. The van der Waals surface area contributed by atoms with Crippen molar-refractivity contribution in [1.82, 2.24) is 0 Å². The van der Waals surface area contributed by atoms with E-state index in [1.165, 1.54) is 29.6 Å². The van der Waals surface area contributed by atoms with Crippen LogP contribution in [0.25, 0.3) is 0 Å². The number of benzene rings is 3. The molecule has 3 aromatic rings. The normalized spacial score (nSPS) is 14.1. The van der Waals surface area contributed by atoms with Crippen molar-refractivity contribution in [3.63, 3.8) is 0 Å². The molecule has 11 heteroatoms. The second-order valence-electron chi connectivity index (χ2n) is 7.36. The van der Waals surface area contributed by atoms with Crippen LogP contribution < -0.4 is 14.8 Å². The maximum absolute atomic E-state index is 12.9. The minimum absolute atomic E-state index is 0.0919. The van der Waals surface area contributed by atoms with Gasteiger partial charge in [0.15, 0.2) is 6.10 Å². The van der Waals surface area contributed by atoms with Crippen molar-refractivity contribution in [3.8, 4) is 5.75 Å². The topological polar surface area (TPSA) is 92.9 Å². The van der Waals surface area contributed by atoms with Gasteiger partial charge in [-0.25, -0.2) is 8.42 Å². The van der Waals surface area contributed by atoms with E-state index in [0.29, 0.717) is 29.4 Å². The Bertz CT molecular complexity index is 1250. The summed E-state index contributed by atoms with van der Waals surface area (Å²) in [6.45, 7) is 0.428. The van der Waals surface area contributed by atoms with Crippen LogP contribution >= 0.6 is 11.6 Å². The molecule has 34 heavy (non-hydrogen) atoms. The highest BCUT2D eigenvalue weighted by Crippen LogP contribution is 2.36. The standard InChI is InChI=1S/C15H14ClNO3S.C8H8F3NO/c1-20-14-7-6-12(16)10-15(14)21(18,19)17-9-8-11-4-2-3-5-13(11)17;9-8(10,11)7(13)5-1-3-6(12)4-2-5/h2-7,10H,8-9H2,1H3;1-4,7,13H,12H2. The summed E-state index contributed by atoms with van der Waals surface area (Å²) in [5, 5.41) is 9.14. The largest absolute Gasteiger partial charge is 0.495 e. The monoisotopic (exact) mass is 514 g/mol. The van der Waals surface area contributed by atoms with Crippen molar-refractivity contribution >= 4 is 33.0 Å². The van der Waals surface area contributed by atoms with Gasteiger partial charge in [0, 0.05) is 17.3 Å². The number of nitrogens with two attached hydrogens (primary N) is 1. The zero-order valence-electron chi connectivity index (χ0n) is 18.0. The van der Waals surface area contributed by atoms with Crippen LogP contribution in [0.4, 0.5) is 24.5 Å². The number of fused-ring (bicyclic) bond motifs is 1. The molecule has 0 spiro atoms. The average Bonchev–Trinajstić information content (AvgIpc) is 3.24. The molecule has 1 atom stereocenters. The summed E-state index contributed by atoms with van der Waals surface area (Å²) in [6.07, 6.45) is -6.36. The third kappa shape index (κ3) is 5.57. The maximum atomic E-state index is 12.9. The van der Waals surface area contributed by atoms with Crippen molar-refractivity contribution in [1.29, 1.82) is 0 Å². The summed E-state index contributed by atoms with van der Waals surface area (Å²) >= 11 is 5.95. The van der Waals surface area contributed by atoms with E-state index in [0.717, 1.165) is 23.4 Å². The van der Waals surface area contributed by atoms with Gasteiger partial charge in [-0.15, -0.1) is 0 Å². The van der Waals surface area contributed by atoms with Crippen molar-refractivity contribution in [2.24, 2.45) is 0 Å². The number of nitrogen functional groups attached to an aromatic ring is 1. The SMILES string of the molecule is COc1ccc(Cl)cc1S(=O)(=O)N1CCc2ccccc21.Nc1ccc(C(O)C(F)(F)F)cc1. The molecular weight excluding hydrogens is 493 g/mol. The van der Waals surface area contributed by atoms with Gasteiger partial charge in [-0.05, 0) is 53.9 Å². The number of nitrogens with zero attached hydrogens (tertiary/aromatic N) is 1. The number of ether oxygens (including phenoxy) is 1. The molecule has 0 aliphatic carbocycles. The van der Waals surface area contributed by atoms with E-state index >= 15 is 0 Å². The summed E-state index contributed by atoms with van der Waals surface area (Å²) in [4.78, 5) is 0.0919. The zero-order valence-corrected chi connectivity index (χ0v) is 19.5. The molecule has 0 fully saturated rings. The highest BCUT2D eigenvalue weighted by molar-refractivity contribution is 7.93. The van der Waals surface area contributed by atoms with Crippen LogP contribution in [0.5, 0.6) is 5.75 Å². The van der Waals surface area contributed by atoms with Gasteiger partial charge in [0.25, 0.3) is 10.0 Å². The van der Waals surface area contributed by atoms with Crippen LogP contribution in [0.2, 0.25) is 5.02 Å². The molecule has 3 aromatic carbocycles. The molecule has 1 aliphatic heterocycles. The van der Waals surface area contributed by atoms with Crippen molar-refractivity contribution in [3.05, 3.63) is 82.9 Å². The van der Waals surface area contributed by atoms with Crippen LogP contribution in [0.1, 0.15) is 17.2 Å². The van der Waals surface area contributed by atoms with E-state index in [2.05, 4.69) is 0 Å². The molecule has 4 rings (SSSR count). The molecule has 182 valence electrons. The van der Waals surface area contributed by atoms with Gasteiger partial charge in [-0.3, -0.25) is 4.31 Å². The zero-order chi connectivity index (χ0) is 25.1. The second kappa shape index (κ2) is 10.1. The molecule has 0 saturated carbocycles. The average molecular weight is 515 g/mol. The number of aliphatic hydroxyl groups is 1. The second-order valence-corrected chi connectivity index (χ2v) is 9.63. The van der Waals surface area contributed by atoms with Crippen LogP contribution in [-0.4, -0.2) is 33.4 Å². The molecule has 0 amide bonds. The van der Waals surface area contributed by atoms with Gasteiger partial charge in [0.05, 0.1) is 12.8 Å². The van der Waals surface area contributed by atoms with E-state index in [4.69, 9.17) is 27.2 Å².